The Labute approximate surface area is 61.3 Å². The van der Waals surface area contributed by atoms with E-state index in [1.807, 2.05) is 0 Å². The Balaban J connectivity index is 3.27. The minimum Gasteiger partial charge on any atom is -0.388 e. The molecule has 0 saturated carbocycles. The van der Waals surface area contributed by atoms with Crippen molar-refractivity contribution in [3.63, 3.8) is 0 Å². The highest BCUT2D eigenvalue weighted by Crippen LogP contribution is 2.10. The molecule has 0 aliphatic carbocycles. The third-order valence-electron chi connectivity index (χ3n) is 1.15. The second-order valence-electron chi connectivity index (χ2n) is 2.04. The van der Waals surface area contributed by atoms with Crippen LogP contribution in [0.5, 0.6) is 0 Å². The van der Waals surface area contributed by atoms with Crippen molar-refractivity contribution >= 4 is 11.6 Å². The monoisotopic (exact) mass is 147 g/mol. The van der Waals surface area contributed by atoms with Crippen LogP contribution in [0.2, 0.25) is 0 Å². The Morgan fingerprint density at radius 2 is 2.33 bits per heavy atom. The summed E-state index contributed by atoms with van der Waals surface area (Å²) < 4.78 is 0. The number of aliphatic hydroxyl groups excluding tert-OH is 1. The molecule has 1 atom stereocenters. The van der Waals surface area contributed by atoms with Crippen molar-refractivity contribution in [3.05, 3.63) is 11.6 Å². The summed E-state index contributed by atoms with van der Waals surface area (Å²) in [6, 6.07) is 0. The lowest BCUT2D eigenvalue weighted by Crippen LogP contribution is -2.04. The lowest BCUT2D eigenvalue weighted by Gasteiger charge is -2.05. The van der Waals surface area contributed by atoms with E-state index in [0.29, 0.717) is 6.42 Å². The van der Waals surface area contributed by atoms with Gasteiger partial charge in [0.15, 0.2) is 0 Å². The topological polar surface area (TPSA) is 20.2 Å². The quantitative estimate of drug-likeness (QED) is 0.646. The van der Waals surface area contributed by atoms with Gasteiger partial charge >= 0.3 is 0 Å². The average Bonchev–Trinajstić information content (AvgIpc) is 1.82. The first-order valence-electron chi connectivity index (χ1n) is 3.14. The van der Waals surface area contributed by atoms with Gasteiger partial charge in [-0.1, -0.05) is 31.4 Å². The van der Waals surface area contributed by atoms with E-state index in [-0.39, 0.29) is 5.03 Å². The van der Waals surface area contributed by atoms with Crippen molar-refractivity contribution in [1.82, 2.24) is 0 Å². The predicted molar refractivity (Wildman–Crippen MR) is 39.2 cm³/mol. The Hall–Kier alpha value is -0.0100. The summed E-state index contributed by atoms with van der Waals surface area (Å²) in [7, 11) is 0. The summed E-state index contributed by atoms with van der Waals surface area (Å²) >= 11 is 5.31. The molecule has 2 heteroatoms. The van der Waals surface area contributed by atoms with Crippen LogP contribution in [-0.2, 0) is 0 Å². The Bertz CT molecular complexity index is 90.9. The minimum absolute atomic E-state index is 0.100. The van der Waals surface area contributed by atoms with Crippen molar-refractivity contribution in [3.8, 4) is 0 Å². The summed E-state index contributed by atoms with van der Waals surface area (Å²) in [5, 5.41) is 9.06. The van der Waals surface area contributed by atoms with E-state index >= 15 is 0 Å². The van der Waals surface area contributed by atoms with E-state index in [1.165, 1.54) is 0 Å². The fraction of sp³-hybridized carbons (Fsp3) is 0.714. The van der Waals surface area contributed by atoms with E-state index < -0.39 is 6.10 Å². The van der Waals surface area contributed by atoms with E-state index in [2.05, 4.69) is 6.92 Å². The standard InChI is InChI=1S/C7H12ClO/c1-3-4-5-7(9)6(2)8/h2,7,9H,3-5H2,1H3. The zero-order chi connectivity index (χ0) is 7.28. The normalized spacial score (nSPS) is 13.2. The Morgan fingerprint density at radius 3 is 2.67 bits per heavy atom. The molecule has 0 fully saturated rings. The van der Waals surface area contributed by atoms with E-state index in [0.717, 1.165) is 12.8 Å². The summed E-state index contributed by atoms with van der Waals surface area (Å²) in [4.78, 5) is 0. The molecule has 0 heterocycles. The molecular weight excluding hydrogens is 136 g/mol. The predicted octanol–water partition coefficient (Wildman–Crippen LogP) is 2.09. The van der Waals surface area contributed by atoms with Gasteiger partial charge in [-0.25, -0.2) is 0 Å². The van der Waals surface area contributed by atoms with Gasteiger partial charge in [-0.3, -0.25) is 0 Å². The second kappa shape index (κ2) is 4.83. The van der Waals surface area contributed by atoms with Gasteiger partial charge in [-0.05, 0) is 13.0 Å². The first kappa shape index (κ1) is 8.99. The first-order valence-corrected chi connectivity index (χ1v) is 3.52. The van der Waals surface area contributed by atoms with Gasteiger partial charge in [0.1, 0.15) is 0 Å². The Kier molecular flexibility index (Phi) is 4.83. The molecule has 1 radical (unpaired) electrons. The fourth-order valence-corrected chi connectivity index (χ4v) is 0.644. The van der Waals surface area contributed by atoms with Crippen LogP contribution in [0, 0.1) is 6.58 Å². The average molecular weight is 148 g/mol. The van der Waals surface area contributed by atoms with Gasteiger partial charge in [0.2, 0.25) is 0 Å². The molecule has 0 amide bonds. The molecule has 1 N–H and O–H groups in total. The van der Waals surface area contributed by atoms with Crippen molar-refractivity contribution in [1.29, 1.82) is 0 Å². The molecule has 0 aliphatic heterocycles. The van der Waals surface area contributed by atoms with Gasteiger partial charge in [0.25, 0.3) is 0 Å². The van der Waals surface area contributed by atoms with Gasteiger partial charge in [-0.2, -0.15) is 0 Å². The van der Waals surface area contributed by atoms with Gasteiger partial charge in [0, 0.05) is 5.03 Å². The molecule has 53 valence electrons. The summed E-state index contributed by atoms with van der Waals surface area (Å²) in [5.41, 5.74) is 0. The molecular formula is C7H12ClO. The van der Waals surface area contributed by atoms with E-state index in [1.54, 1.807) is 0 Å². The van der Waals surface area contributed by atoms with Crippen LogP contribution >= 0.6 is 11.6 Å². The molecule has 9 heavy (non-hydrogen) atoms. The zero-order valence-electron chi connectivity index (χ0n) is 5.60. The van der Waals surface area contributed by atoms with Crippen LogP contribution in [0.3, 0.4) is 0 Å². The molecule has 0 aliphatic rings. The van der Waals surface area contributed by atoms with Crippen molar-refractivity contribution < 1.29 is 5.11 Å². The van der Waals surface area contributed by atoms with Crippen molar-refractivity contribution in [2.24, 2.45) is 0 Å². The van der Waals surface area contributed by atoms with Crippen LogP contribution in [-0.4, -0.2) is 11.2 Å². The largest absolute Gasteiger partial charge is 0.388 e. The van der Waals surface area contributed by atoms with E-state index in [9.17, 15) is 0 Å². The number of unbranched alkanes of at least 4 members (excludes halogenated alkanes) is 1. The lowest BCUT2D eigenvalue weighted by molar-refractivity contribution is 0.204. The molecule has 0 rings (SSSR count). The number of rotatable bonds is 4. The molecule has 1 nitrogen and oxygen atoms in total. The molecule has 0 spiro atoms. The third kappa shape index (κ3) is 4.49. The van der Waals surface area contributed by atoms with Crippen LogP contribution < -0.4 is 0 Å². The Morgan fingerprint density at radius 1 is 1.78 bits per heavy atom. The maximum Gasteiger partial charge on any atom is 0.0895 e. The van der Waals surface area contributed by atoms with Crippen LogP contribution in [0.1, 0.15) is 26.2 Å². The molecule has 1 unspecified atom stereocenters. The molecule has 0 bridgehead atoms. The maximum atomic E-state index is 8.96. The zero-order valence-corrected chi connectivity index (χ0v) is 6.36. The third-order valence-corrected chi connectivity index (χ3v) is 1.40. The van der Waals surface area contributed by atoms with Crippen LogP contribution in [0.15, 0.2) is 5.03 Å². The van der Waals surface area contributed by atoms with Crippen LogP contribution in [0.4, 0.5) is 0 Å². The molecule has 0 aromatic carbocycles. The van der Waals surface area contributed by atoms with Crippen molar-refractivity contribution in [2.75, 3.05) is 0 Å². The van der Waals surface area contributed by atoms with Gasteiger partial charge < -0.3 is 5.11 Å². The van der Waals surface area contributed by atoms with E-state index in [4.69, 9.17) is 23.3 Å². The fourth-order valence-electron chi connectivity index (χ4n) is 0.535. The summed E-state index contributed by atoms with van der Waals surface area (Å²) in [5.74, 6) is 0. The van der Waals surface area contributed by atoms with Gasteiger partial charge in [0.05, 0.1) is 6.10 Å². The summed E-state index contributed by atoms with van der Waals surface area (Å²) in [6.45, 7) is 7.16. The minimum atomic E-state index is -0.619. The molecule has 0 aromatic heterocycles. The van der Waals surface area contributed by atoms with Gasteiger partial charge in [-0.15, -0.1) is 0 Å². The van der Waals surface area contributed by atoms with Crippen LogP contribution in [0.25, 0.3) is 0 Å². The number of hydrogen-bond donors (Lipinski definition) is 1. The highest BCUT2D eigenvalue weighted by atomic mass is 35.5. The molecule has 0 saturated heterocycles. The molecule has 0 aromatic rings. The number of halogens is 1. The second-order valence-corrected chi connectivity index (χ2v) is 2.48. The lowest BCUT2D eigenvalue weighted by atomic mass is 10.2. The first-order chi connectivity index (χ1) is 4.18. The van der Waals surface area contributed by atoms with Crippen molar-refractivity contribution in [2.45, 2.75) is 32.3 Å². The highest BCUT2D eigenvalue weighted by molar-refractivity contribution is 6.29. The number of hydrogen-bond acceptors (Lipinski definition) is 1. The summed E-state index contributed by atoms with van der Waals surface area (Å²) in [6.07, 6.45) is 2.08. The highest BCUT2D eigenvalue weighted by Gasteiger charge is 2.03. The maximum absolute atomic E-state index is 8.96. The SMILES string of the molecule is [CH]=C(Cl)C(O)CCCC. The number of aliphatic hydroxyl groups is 1. The smallest absolute Gasteiger partial charge is 0.0895 e.